The Labute approximate surface area is 93.3 Å². The lowest BCUT2D eigenvalue weighted by molar-refractivity contribution is 0.413. The topological polar surface area (TPSA) is 46.2 Å². The summed E-state index contributed by atoms with van der Waals surface area (Å²) in [6.07, 6.45) is 0. The van der Waals surface area contributed by atoms with Crippen LogP contribution in [-0.4, -0.2) is 11.8 Å². The maximum absolute atomic E-state index is 12.2. The molecule has 0 unspecified atom stereocenters. The smallest absolute Gasteiger partial charge is 0.123 e. The first kappa shape index (κ1) is 13.5. The second kappa shape index (κ2) is 5.39. The van der Waals surface area contributed by atoms with E-state index in [2.05, 4.69) is 0 Å². The Morgan fingerprint density at radius 3 is 2.64 bits per heavy atom. The number of benzene rings is 1. The van der Waals surface area contributed by atoms with Gasteiger partial charge < -0.3 is 10.8 Å². The number of phenolic OH excluding ortho intramolecular Hbond substituents is 1. The molecule has 0 fully saturated rings. The van der Waals surface area contributed by atoms with Crippen molar-refractivity contribution in [2.24, 2.45) is 5.73 Å². The van der Waals surface area contributed by atoms with Crippen LogP contribution in [0.25, 0.3) is 0 Å². The van der Waals surface area contributed by atoms with Crippen LogP contribution in [0.2, 0.25) is 5.02 Å². The van der Waals surface area contributed by atoms with E-state index in [1.165, 1.54) is 6.07 Å². The van der Waals surface area contributed by atoms with Crippen LogP contribution in [0.15, 0.2) is 12.1 Å². The maximum Gasteiger partial charge on any atom is 0.123 e. The van der Waals surface area contributed by atoms with Crippen molar-refractivity contribution < 1.29 is 9.50 Å². The number of hydrogen-bond donors (Lipinski definition) is 2. The monoisotopic (exact) mass is 239 g/mol. The summed E-state index contributed by atoms with van der Waals surface area (Å²) in [7, 11) is 0. The molecule has 1 aromatic carbocycles. The molecule has 3 N–H and O–H groups in total. The van der Waals surface area contributed by atoms with Gasteiger partial charge in [-0.2, -0.15) is 0 Å². The van der Waals surface area contributed by atoms with Crippen molar-refractivity contribution in [3.63, 3.8) is 0 Å². The summed E-state index contributed by atoms with van der Waals surface area (Å²) in [5, 5.41) is 9.97. The van der Waals surface area contributed by atoms with Gasteiger partial charge in [0, 0.05) is 10.6 Å². The van der Waals surface area contributed by atoms with Gasteiger partial charge in [0.15, 0.2) is 0 Å². The van der Waals surface area contributed by atoms with Crippen LogP contribution >= 0.6 is 24.0 Å². The van der Waals surface area contributed by atoms with Crippen molar-refractivity contribution in [3.8, 4) is 5.75 Å². The number of rotatable bonds is 2. The van der Waals surface area contributed by atoms with Gasteiger partial charge in [-0.05, 0) is 24.6 Å². The fourth-order valence-electron chi connectivity index (χ4n) is 1.13. The Kier molecular flexibility index (Phi) is 5.19. The largest absolute Gasteiger partial charge is 0.507 e. The van der Waals surface area contributed by atoms with E-state index >= 15 is 0 Å². The van der Waals surface area contributed by atoms with E-state index < -0.39 is 12.7 Å². The summed E-state index contributed by atoms with van der Waals surface area (Å²) in [5.74, 6) is 0.0227. The molecule has 0 saturated heterocycles. The highest BCUT2D eigenvalue weighted by Gasteiger charge is 2.13. The van der Waals surface area contributed by atoms with Crippen molar-refractivity contribution in [1.82, 2.24) is 0 Å². The van der Waals surface area contributed by atoms with Gasteiger partial charge in [-0.25, -0.2) is 4.39 Å². The SMILES string of the molecule is Cc1cc(Cl)cc([C@@H](N)CF)c1O.Cl. The molecule has 0 radical (unpaired) electrons. The zero-order valence-electron chi connectivity index (χ0n) is 7.63. The molecule has 1 atom stereocenters. The van der Waals surface area contributed by atoms with Crippen molar-refractivity contribution in [2.75, 3.05) is 6.67 Å². The first-order valence-electron chi connectivity index (χ1n) is 3.86. The lowest BCUT2D eigenvalue weighted by Gasteiger charge is -2.12. The Bertz CT molecular complexity index is 320. The lowest BCUT2D eigenvalue weighted by atomic mass is 10.0. The van der Waals surface area contributed by atoms with E-state index in [1.54, 1.807) is 13.0 Å². The molecule has 0 bridgehead atoms. The molecule has 0 heterocycles. The molecule has 0 aliphatic carbocycles. The molecule has 80 valence electrons. The van der Waals surface area contributed by atoms with E-state index in [-0.39, 0.29) is 18.2 Å². The van der Waals surface area contributed by atoms with Crippen molar-refractivity contribution in [3.05, 3.63) is 28.3 Å². The highest BCUT2D eigenvalue weighted by atomic mass is 35.5. The van der Waals surface area contributed by atoms with E-state index in [1.807, 2.05) is 0 Å². The first-order valence-corrected chi connectivity index (χ1v) is 4.24. The van der Waals surface area contributed by atoms with Gasteiger partial charge in [-0.1, -0.05) is 11.6 Å². The fourth-order valence-corrected chi connectivity index (χ4v) is 1.41. The molecule has 0 aliphatic heterocycles. The van der Waals surface area contributed by atoms with E-state index in [0.717, 1.165) is 0 Å². The fraction of sp³-hybridized carbons (Fsp3) is 0.333. The molecule has 0 aliphatic rings. The number of alkyl halides is 1. The van der Waals surface area contributed by atoms with Crippen LogP contribution < -0.4 is 5.73 Å². The number of aromatic hydroxyl groups is 1. The van der Waals surface area contributed by atoms with Crippen molar-refractivity contribution in [1.29, 1.82) is 0 Å². The molecule has 1 aromatic rings. The first-order chi connectivity index (χ1) is 6.06. The van der Waals surface area contributed by atoms with E-state index in [9.17, 15) is 9.50 Å². The number of hydrogen-bond acceptors (Lipinski definition) is 2. The highest BCUT2D eigenvalue weighted by molar-refractivity contribution is 6.30. The summed E-state index contributed by atoms with van der Waals surface area (Å²) in [4.78, 5) is 0. The second-order valence-electron chi connectivity index (χ2n) is 2.92. The molecular weight excluding hydrogens is 228 g/mol. The van der Waals surface area contributed by atoms with Gasteiger partial charge >= 0.3 is 0 Å². The summed E-state index contributed by atoms with van der Waals surface area (Å²) in [6.45, 7) is 0.975. The third kappa shape index (κ3) is 2.74. The standard InChI is InChI=1S/C9H11ClFNO.ClH/c1-5-2-6(10)3-7(9(5)13)8(12)4-11;/h2-3,8,13H,4,12H2,1H3;1H/t8-;/m0./s1. The molecule has 0 saturated carbocycles. The van der Waals surface area contributed by atoms with E-state index in [4.69, 9.17) is 17.3 Å². The van der Waals surface area contributed by atoms with Crippen LogP contribution in [0.1, 0.15) is 17.2 Å². The Hall–Kier alpha value is -0.510. The highest BCUT2D eigenvalue weighted by Crippen LogP contribution is 2.30. The van der Waals surface area contributed by atoms with Crippen molar-refractivity contribution >= 4 is 24.0 Å². The number of halogens is 3. The van der Waals surface area contributed by atoms with Crippen LogP contribution in [0.4, 0.5) is 4.39 Å². The predicted molar refractivity (Wildman–Crippen MR) is 58.0 cm³/mol. The predicted octanol–water partition coefficient (Wildman–Crippen LogP) is 2.75. The molecular formula is C9H12Cl2FNO. The quantitative estimate of drug-likeness (QED) is 0.834. The minimum Gasteiger partial charge on any atom is -0.507 e. The van der Waals surface area contributed by atoms with Gasteiger partial charge in [0.25, 0.3) is 0 Å². The van der Waals surface area contributed by atoms with Gasteiger partial charge in [0.1, 0.15) is 12.4 Å². The minimum atomic E-state index is -0.808. The summed E-state index contributed by atoms with van der Waals surface area (Å²) < 4.78 is 12.2. The molecule has 5 heteroatoms. The average molecular weight is 240 g/mol. The number of phenols is 1. The zero-order valence-corrected chi connectivity index (χ0v) is 9.20. The maximum atomic E-state index is 12.2. The van der Waals surface area contributed by atoms with Gasteiger partial charge in [0.2, 0.25) is 0 Å². The third-order valence-corrected chi connectivity index (χ3v) is 2.08. The van der Waals surface area contributed by atoms with Crippen LogP contribution in [0.3, 0.4) is 0 Å². The lowest BCUT2D eigenvalue weighted by Crippen LogP contribution is -2.12. The van der Waals surface area contributed by atoms with E-state index in [0.29, 0.717) is 16.1 Å². The Morgan fingerprint density at radius 1 is 1.57 bits per heavy atom. The number of nitrogens with two attached hydrogens (primary N) is 1. The molecule has 0 amide bonds. The Morgan fingerprint density at radius 2 is 2.14 bits per heavy atom. The molecule has 14 heavy (non-hydrogen) atoms. The van der Waals surface area contributed by atoms with Crippen molar-refractivity contribution in [2.45, 2.75) is 13.0 Å². The summed E-state index contributed by atoms with van der Waals surface area (Å²) in [6, 6.07) is 2.27. The summed E-state index contributed by atoms with van der Waals surface area (Å²) >= 11 is 5.73. The molecule has 2 nitrogen and oxygen atoms in total. The normalized spacial score (nSPS) is 12.0. The molecule has 0 spiro atoms. The van der Waals surface area contributed by atoms with Crippen LogP contribution in [-0.2, 0) is 0 Å². The van der Waals surface area contributed by atoms with Crippen LogP contribution in [0, 0.1) is 6.92 Å². The second-order valence-corrected chi connectivity index (χ2v) is 3.36. The van der Waals surface area contributed by atoms with Gasteiger partial charge in [0.05, 0.1) is 6.04 Å². The van der Waals surface area contributed by atoms with Crippen LogP contribution in [0.5, 0.6) is 5.75 Å². The van der Waals surface area contributed by atoms with Gasteiger partial charge in [-0.3, -0.25) is 0 Å². The zero-order chi connectivity index (χ0) is 10.0. The molecule has 0 aromatic heterocycles. The minimum absolute atomic E-state index is 0. The Balaban J connectivity index is 0.00000169. The number of aryl methyl sites for hydroxylation is 1. The summed E-state index contributed by atoms with van der Waals surface area (Å²) in [5.41, 5.74) is 6.40. The van der Waals surface area contributed by atoms with Gasteiger partial charge in [-0.15, -0.1) is 12.4 Å². The average Bonchev–Trinajstić information content (AvgIpc) is 2.10. The third-order valence-electron chi connectivity index (χ3n) is 1.86. The molecule has 1 rings (SSSR count).